The molecule has 1 N–H and O–H groups in total. The molecule has 1 aromatic carbocycles. The molecular formula is C18H26N2O. The van der Waals surface area contributed by atoms with Crippen molar-refractivity contribution in [2.45, 2.75) is 40.8 Å². The summed E-state index contributed by atoms with van der Waals surface area (Å²) in [5, 5.41) is 3.30. The van der Waals surface area contributed by atoms with E-state index in [1.165, 1.54) is 16.8 Å². The molecule has 0 atom stereocenters. The Kier molecular flexibility index (Phi) is 5.45. The quantitative estimate of drug-likeness (QED) is 0.833. The lowest BCUT2D eigenvalue weighted by Crippen LogP contribution is -2.22. The molecule has 1 aromatic heterocycles. The number of aryl methyl sites for hydroxylation is 2. The molecule has 0 radical (unpaired) electrons. The number of rotatable bonds is 7. The van der Waals surface area contributed by atoms with Crippen molar-refractivity contribution in [3.63, 3.8) is 0 Å². The molecule has 1 heterocycles. The standard InChI is InChI=1S/C18H26N2O/c1-5-19-12-18-11-16(15(4)21-18)13-20(6-2)17-9-7-8-14(3)10-17/h7-11,19H,5-6,12-13H2,1-4H3. The Morgan fingerprint density at radius 1 is 1.14 bits per heavy atom. The monoisotopic (exact) mass is 286 g/mol. The van der Waals surface area contributed by atoms with Crippen LogP contribution in [-0.2, 0) is 13.1 Å². The molecule has 21 heavy (non-hydrogen) atoms. The van der Waals surface area contributed by atoms with Gasteiger partial charge in [0, 0.05) is 24.3 Å². The van der Waals surface area contributed by atoms with Crippen molar-refractivity contribution in [1.82, 2.24) is 5.32 Å². The van der Waals surface area contributed by atoms with Gasteiger partial charge in [-0.05, 0) is 51.1 Å². The maximum atomic E-state index is 5.83. The second kappa shape index (κ2) is 7.32. The van der Waals surface area contributed by atoms with Gasteiger partial charge >= 0.3 is 0 Å². The van der Waals surface area contributed by atoms with Crippen LogP contribution in [0, 0.1) is 13.8 Å². The van der Waals surface area contributed by atoms with Gasteiger partial charge in [-0.15, -0.1) is 0 Å². The van der Waals surface area contributed by atoms with Crippen LogP contribution in [0.1, 0.15) is 36.5 Å². The first-order valence-electron chi connectivity index (χ1n) is 7.74. The van der Waals surface area contributed by atoms with Crippen molar-refractivity contribution in [2.24, 2.45) is 0 Å². The van der Waals surface area contributed by atoms with Crippen LogP contribution in [0.4, 0.5) is 5.69 Å². The molecule has 2 aromatic rings. The zero-order valence-corrected chi connectivity index (χ0v) is 13.6. The third-order valence-corrected chi connectivity index (χ3v) is 3.73. The van der Waals surface area contributed by atoms with E-state index in [2.05, 4.69) is 68.2 Å². The van der Waals surface area contributed by atoms with Crippen molar-refractivity contribution in [3.05, 3.63) is 53.0 Å². The van der Waals surface area contributed by atoms with Gasteiger partial charge < -0.3 is 14.6 Å². The van der Waals surface area contributed by atoms with E-state index in [1.807, 2.05) is 0 Å². The molecule has 0 fully saturated rings. The maximum absolute atomic E-state index is 5.83. The number of nitrogens with one attached hydrogen (secondary N) is 1. The summed E-state index contributed by atoms with van der Waals surface area (Å²) in [7, 11) is 0. The first-order valence-corrected chi connectivity index (χ1v) is 7.74. The average Bonchev–Trinajstić information content (AvgIpc) is 2.82. The Hall–Kier alpha value is -1.74. The van der Waals surface area contributed by atoms with Crippen LogP contribution in [0.15, 0.2) is 34.7 Å². The van der Waals surface area contributed by atoms with Crippen LogP contribution in [0.3, 0.4) is 0 Å². The lowest BCUT2D eigenvalue weighted by Gasteiger charge is -2.23. The summed E-state index contributed by atoms with van der Waals surface area (Å²) in [6.45, 7) is 12.1. The second-order valence-electron chi connectivity index (χ2n) is 5.43. The maximum Gasteiger partial charge on any atom is 0.118 e. The summed E-state index contributed by atoms with van der Waals surface area (Å²) in [5.41, 5.74) is 3.83. The Morgan fingerprint density at radius 2 is 1.95 bits per heavy atom. The Labute approximate surface area is 128 Å². The number of anilines is 1. The molecule has 3 heteroatoms. The van der Waals surface area contributed by atoms with Crippen LogP contribution in [0.5, 0.6) is 0 Å². The average molecular weight is 286 g/mol. The zero-order chi connectivity index (χ0) is 15.2. The topological polar surface area (TPSA) is 28.4 Å². The summed E-state index contributed by atoms with van der Waals surface area (Å²) in [4.78, 5) is 2.38. The molecule has 2 rings (SSSR count). The lowest BCUT2D eigenvalue weighted by molar-refractivity contribution is 0.463. The molecule has 3 nitrogen and oxygen atoms in total. The van der Waals surface area contributed by atoms with Crippen LogP contribution >= 0.6 is 0 Å². The molecule has 114 valence electrons. The van der Waals surface area contributed by atoms with Crippen LogP contribution in [-0.4, -0.2) is 13.1 Å². The molecule has 0 aliphatic carbocycles. The van der Waals surface area contributed by atoms with Gasteiger partial charge in [0.05, 0.1) is 6.54 Å². The highest BCUT2D eigenvalue weighted by Crippen LogP contribution is 2.22. The first kappa shape index (κ1) is 15.6. The largest absolute Gasteiger partial charge is 0.465 e. The Bertz CT molecular complexity index is 574. The predicted molar refractivity (Wildman–Crippen MR) is 88.7 cm³/mol. The third kappa shape index (κ3) is 4.11. The molecule has 0 aliphatic rings. The fourth-order valence-corrected chi connectivity index (χ4v) is 2.50. The predicted octanol–water partition coefficient (Wildman–Crippen LogP) is 4.03. The van der Waals surface area contributed by atoms with E-state index >= 15 is 0 Å². The zero-order valence-electron chi connectivity index (χ0n) is 13.6. The van der Waals surface area contributed by atoms with E-state index < -0.39 is 0 Å². The summed E-state index contributed by atoms with van der Waals surface area (Å²) in [6.07, 6.45) is 0. The normalized spacial score (nSPS) is 10.9. The minimum absolute atomic E-state index is 0.800. The van der Waals surface area contributed by atoms with Gasteiger partial charge in [-0.2, -0.15) is 0 Å². The van der Waals surface area contributed by atoms with Gasteiger partial charge in [-0.1, -0.05) is 19.1 Å². The number of furan rings is 1. The number of hydrogen-bond acceptors (Lipinski definition) is 3. The number of benzene rings is 1. The van der Waals surface area contributed by atoms with Gasteiger partial charge in [0.1, 0.15) is 11.5 Å². The molecule has 0 saturated carbocycles. The smallest absolute Gasteiger partial charge is 0.118 e. The summed E-state index contributed by atoms with van der Waals surface area (Å²) >= 11 is 0. The molecule has 0 amide bonds. The molecule has 0 spiro atoms. The second-order valence-corrected chi connectivity index (χ2v) is 5.43. The van der Waals surface area contributed by atoms with Crippen LogP contribution in [0.2, 0.25) is 0 Å². The van der Waals surface area contributed by atoms with Crippen LogP contribution < -0.4 is 10.2 Å². The molecular weight excluding hydrogens is 260 g/mol. The fraction of sp³-hybridized carbons (Fsp3) is 0.444. The van der Waals surface area contributed by atoms with Gasteiger partial charge in [0.2, 0.25) is 0 Å². The van der Waals surface area contributed by atoms with Crippen molar-refractivity contribution >= 4 is 5.69 Å². The SMILES string of the molecule is CCNCc1cc(CN(CC)c2cccc(C)c2)c(C)o1. The van der Waals surface area contributed by atoms with Gasteiger partial charge in [-0.3, -0.25) is 0 Å². The minimum Gasteiger partial charge on any atom is -0.465 e. The number of nitrogens with zero attached hydrogens (tertiary/aromatic N) is 1. The first-order chi connectivity index (χ1) is 10.1. The lowest BCUT2D eigenvalue weighted by atomic mass is 10.1. The Morgan fingerprint density at radius 3 is 2.62 bits per heavy atom. The van der Waals surface area contributed by atoms with E-state index in [9.17, 15) is 0 Å². The fourth-order valence-electron chi connectivity index (χ4n) is 2.50. The summed E-state index contributed by atoms with van der Waals surface area (Å²) < 4.78 is 5.83. The van der Waals surface area contributed by atoms with Gasteiger partial charge in [0.25, 0.3) is 0 Å². The third-order valence-electron chi connectivity index (χ3n) is 3.73. The highest BCUT2D eigenvalue weighted by molar-refractivity contribution is 5.49. The molecule has 0 aliphatic heterocycles. The van der Waals surface area contributed by atoms with E-state index in [0.717, 1.165) is 37.7 Å². The number of hydrogen-bond donors (Lipinski definition) is 1. The van der Waals surface area contributed by atoms with E-state index in [-0.39, 0.29) is 0 Å². The highest BCUT2D eigenvalue weighted by Gasteiger charge is 2.11. The van der Waals surface area contributed by atoms with E-state index in [4.69, 9.17) is 4.42 Å². The van der Waals surface area contributed by atoms with Crippen molar-refractivity contribution < 1.29 is 4.42 Å². The van der Waals surface area contributed by atoms with Crippen molar-refractivity contribution in [3.8, 4) is 0 Å². The van der Waals surface area contributed by atoms with E-state index in [0.29, 0.717) is 0 Å². The van der Waals surface area contributed by atoms with Gasteiger partial charge in [0.15, 0.2) is 0 Å². The molecule has 0 unspecified atom stereocenters. The molecule has 0 saturated heterocycles. The highest BCUT2D eigenvalue weighted by atomic mass is 16.3. The van der Waals surface area contributed by atoms with Crippen molar-refractivity contribution in [1.29, 1.82) is 0 Å². The minimum atomic E-state index is 0.800. The summed E-state index contributed by atoms with van der Waals surface area (Å²) in [6, 6.07) is 10.8. The molecule has 0 bridgehead atoms. The Balaban J connectivity index is 2.13. The van der Waals surface area contributed by atoms with Gasteiger partial charge in [-0.25, -0.2) is 0 Å². The van der Waals surface area contributed by atoms with Crippen LogP contribution in [0.25, 0.3) is 0 Å². The van der Waals surface area contributed by atoms with Crippen molar-refractivity contribution in [2.75, 3.05) is 18.0 Å². The summed E-state index contributed by atoms with van der Waals surface area (Å²) in [5.74, 6) is 2.04. The van der Waals surface area contributed by atoms with E-state index in [1.54, 1.807) is 0 Å².